The van der Waals surface area contributed by atoms with E-state index in [1.165, 1.54) is 5.56 Å². The Balaban J connectivity index is 1.84. The summed E-state index contributed by atoms with van der Waals surface area (Å²) < 4.78 is 5.24. The highest BCUT2D eigenvalue weighted by Gasteiger charge is 2.25. The molecule has 4 heteroatoms. The fourth-order valence-electron chi connectivity index (χ4n) is 2.55. The number of hydrogen-bond donors (Lipinski definition) is 0. The van der Waals surface area contributed by atoms with Crippen molar-refractivity contribution in [1.29, 1.82) is 0 Å². The van der Waals surface area contributed by atoms with Crippen molar-refractivity contribution in [3.63, 3.8) is 0 Å². The molecule has 0 unspecified atom stereocenters. The molecule has 2 aromatic rings. The Bertz CT molecular complexity index is 681. The van der Waals surface area contributed by atoms with Gasteiger partial charge in [-0.2, -0.15) is 0 Å². The maximum absolute atomic E-state index is 12.6. The van der Waals surface area contributed by atoms with Crippen LogP contribution in [0, 0.1) is 0 Å². The van der Waals surface area contributed by atoms with Crippen molar-refractivity contribution in [3.05, 3.63) is 59.7 Å². The molecule has 0 spiro atoms. The molecule has 0 radical (unpaired) electrons. The average molecular weight is 281 g/mol. The van der Waals surface area contributed by atoms with Crippen molar-refractivity contribution in [2.45, 2.75) is 6.42 Å². The number of amides is 1. The van der Waals surface area contributed by atoms with Crippen molar-refractivity contribution >= 4 is 17.9 Å². The van der Waals surface area contributed by atoms with Gasteiger partial charge in [-0.05, 0) is 36.2 Å². The first-order valence-corrected chi connectivity index (χ1v) is 6.86. The van der Waals surface area contributed by atoms with Crippen molar-refractivity contribution in [2.24, 2.45) is 0 Å². The second kappa shape index (κ2) is 5.79. The maximum Gasteiger partial charge on any atom is 0.258 e. The molecule has 21 heavy (non-hydrogen) atoms. The summed E-state index contributed by atoms with van der Waals surface area (Å²) in [6.07, 6.45) is 1.56. The highest BCUT2D eigenvalue weighted by molar-refractivity contribution is 6.07. The third-order valence-electron chi connectivity index (χ3n) is 3.53. The van der Waals surface area contributed by atoms with E-state index >= 15 is 0 Å². The number of carbonyl (C=O) groups is 2. The second-order valence-electron chi connectivity index (χ2n) is 4.84. The van der Waals surface area contributed by atoms with E-state index in [1.54, 1.807) is 29.2 Å². The molecule has 1 heterocycles. The molecule has 0 saturated heterocycles. The van der Waals surface area contributed by atoms with Gasteiger partial charge in [-0.3, -0.25) is 9.59 Å². The van der Waals surface area contributed by atoms with E-state index in [1.807, 2.05) is 24.3 Å². The molecule has 0 saturated carbocycles. The number of hydrogen-bond acceptors (Lipinski definition) is 3. The predicted octanol–water partition coefficient (Wildman–Crippen LogP) is 2.47. The lowest BCUT2D eigenvalue weighted by molar-refractivity contribution is -0.109. The van der Waals surface area contributed by atoms with Gasteiger partial charge in [0.15, 0.2) is 6.29 Å². The normalized spacial score (nSPS) is 12.9. The number of benzene rings is 2. The number of ether oxygens (including phenoxy) is 1. The first-order chi connectivity index (χ1) is 10.3. The average Bonchev–Trinajstić information content (AvgIpc) is 2.96. The van der Waals surface area contributed by atoms with Crippen LogP contribution in [0.15, 0.2) is 48.5 Å². The molecule has 1 aliphatic heterocycles. The van der Waals surface area contributed by atoms with Crippen molar-refractivity contribution in [3.8, 4) is 5.75 Å². The van der Waals surface area contributed by atoms with E-state index in [2.05, 4.69) is 0 Å². The van der Waals surface area contributed by atoms with Crippen LogP contribution in [-0.4, -0.2) is 25.3 Å². The lowest BCUT2D eigenvalue weighted by atomic mass is 10.1. The van der Waals surface area contributed by atoms with Gasteiger partial charge in [-0.15, -0.1) is 0 Å². The molecule has 0 bridgehead atoms. The van der Waals surface area contributed by atoms with Crippen LogP contribution in [-0.2, 0) is 11.2 Å². The number of para-hydroxylation sites is 1. The molecule has 0 atom stereocenters. The third kappa shape index (κ3) is 2.65. The Morgan fingerprint density at radius 1 is 1.19 bits per heavy atom. The van der Waals surface area contributed by atoms with Crippen LogP contribution in [0.2, 0.25) is 0 Å². The van der Waals surface area contributed by atoms with Gasteiger partial charge >= 0.3 is 0 Å². The number of rotatable bonds is 4. The van der Waals surface area contributed by atoms with Crippen LogP contribution in [0.3, 0.4) is 0 Å². The van der Waals surface area contributed by atoms with Gasteiger partial charge in [0, 0.05) is 17.8 Å². The molecule has 0 aliphatic carbocycles. The number of carbonyl (C=O) groups excluding carboxylic acids is 2. The zero-order valence-corrected chi connectivity index (χ0v) is 11.5. The Morgan fingerprint density at radius 2 is 2.05 bits per heavy atom. The van der Waals surface area contributed by atoms with Gasteiger partial charge in [0.05, 0.1) is 0 Å². The minimum Gasteiger partial charge on any atom is -0.486 e. The Morgan fingerprint density at radius 3 is 2.90 bits per heavy atom. The van der Waals surface area contributed by atoms with Crippen LogP contribution in [0.25, 0.3) is 0 Å². The van der Waals surface area contributed by atoms with Gasteiger partial charge in [0.1, 0.15) is 12.4 Å². The molecule has 0 N–H and O–H groups in total. The van der Waals surface area contributed by atoms with E-state index in [0.29, 0.717) is 24.1 Å². The van der Waals surface area contributed by atoms with Crippen molar-refractivity contribution in [2.75, 3.05) is 18.1 Å². The lowest BCUT2D eigenvalue weighted by Gasteiger charge is -2.17. The molecule has 0 aromatic heterocycles. The van der Waals surface area contributed by atoms with E-state index < -0.39 is 0 Å². The number of fused-ring (bicyclic) bond motifs is 1. The van der Waals surface area contributed by atoms with Crippen LogP contribution in [0.5, 0.6) is 5.75 Å². The van der Waals surface area contributed by atoms with Crippen LogP contribution in [0.1, 0.15) is 15.9 Å². The Kier molecular flexibility index (Phi) is 3.69. The molecular formula is C17H15NO3. The zero-order valence-electron chi connectivity index (χ0n) is 11.5. The summed E-state index contributed by atoms with van der Waals surface area (Å²) in [5, 5.41) is 0. The number of anilines is 1. The molecule has 0 fully saturated rings. The summed E-state index contributed by atoms with van der Waals surface area (Å²) in [5.74, 6) is 0.483. The van der Waals surface area contributed by atoms with Crippen LogP contribution < -0.4 is 9.64 Å². The molecule has 4 nitrogen and oxygen atoms in total. The summed E-state index contributed by atoms with van der Waals surface area (Å²) in [6.45, 7) is 0.682. The van der Waals surface area contributed by atoms with Gasteiger partial charge in [0.25, 0.3) is 5.91 Å². The molecule has 3 rings (SSSR count). The summed E-state index contributed by atoms with van der Waals surface area (Å²) in [7, 11) is 0. The van der Waals surface area contributed by atoms with E-state index in [0.717, 1.165) is 12.1 Å². The predicted molar refractivity (Wildman–Crippen MR) is 79.8 cm³/mol. The molecule has 2 aromatic carbocycles. The summed E-state index contributed by atoms with van der Waals surface area (Å²) in [6, 6.07) is 14.9. The van der Waals surface area contributed by atoms with Crippen LogP contribution >= 0.6 is 0 Å². The fourth-order valence-corrected chi connectivity index (χ4v) is 2.55. The largest absolute Gasteiger partial charge is 0.486 e. The van der Waals surface area contributed by atoms with E-state index in [-0.39, 0.29) is 12.5 Å². The van der Waals surface area contributed by atoms with Gasteiger partial charge in [-0.25, -0.2) is 0 Å². The minimum atomic E-state index is -0.0449. The van der Waals surface area contributed by atoms with Gasteiger partial charge in [0.2, 0.25) is 0 Å². The summed E-state index contributed by atoms with van der Waals surface area (Å²) >= 11 is 0. The van der Waals surface area contributed by atoms with Gasteiger partial charge in [-0.1, -0.05) is 24.3 Å². The first kappa shape index (κ1) is 13.4. The number of aldehydes is 1. The summed E-state index contributed by atoms with van der Waals surface area (Å²) in [4.78, 5) is 24.8. The lowest BCUT2D eigenvalue weighted by Crippen LogP contribution is -2.28. The molecular weight excluding hydrogens is 266 g/mol. The van der Waals surface area contributed by atoms with Crippen molar-refractivity contribution in [1.82, 2.24) is 0 Å². The summed E-state index contributed by atoms with van der Waals surface area (Å²) in [5.41, 5.74) is 2.73. The quantitative estimate of drug-likeness (QED) is 0.809. The SMILES string of the molecule is O=CCOc1cccc(C(=O)N2CCc3ccccc32)c1. The monoisotopic (exact) mass is 281 g/mol. The second-order valence-corrected chi connectivity index (χ2v) is 4.84. The van der Waals surface area contributed by atoms with Crippen molar-refractivity contribution < 1.29 is 14.3 Å². The van der Waals surface area contributed by atoms with E-state index in [9.17, 15) is 9.59 Å². The molecule has 106 valence electrons. The first-order valence-electron chi connectivity index (χ1n) is 6.86. The zero-order chi connectivity index (χ0) is 14.7. The van der Waals surface area contributed by atoms with E-state index in [4.69, 9.17) is 4.74 Å². The maximum atomic E-state index is 12.6. The highest BCUT2D eigenvalue weighted by atomic mass is 16.5. The minimum absolute atomic E-state index is 0.00973. The highest BCUT2D eigenvalue weighted by Crippen LogP contribution is 2.29. The molecule has 1 aliphatic rings. The number of nitrogens with zero attached hydrogens (tertiary/aromatic N) is 1. The topological polar surface area (TPSA) is 46.6 Å². The fraction of sp³-hybridized carbons (Fsp3) is 0.176. The Hall–Kier alpha value is -2.62. The Labute approximate surface area is 123 Å². The smallest absolute Gasteiger partial charge is 0.258 e. The standard InChI is InChI=1S/C17H15NO3/c19-10-11-21-15-6-3-5-14(12-15)17(20)18-9-8-13-4-1-2-7-16(13)18/h1-7,10,12H,8-9,11H2. The van der Waals surface area contributed by atoms with Gasteiger partial charge < -0.3 is 9.64 Å². The molecule has 1 amide bonds. The van der Waals surface area contributed by atoms with Crippen LogP contribution in [0.4, 0.5) is 5.69 Å². The third-order valence-corrected chi connectivity index (χ3v) is 3.53.